The quantitative estimate of drug-likeness (QED) is 0.677. The molecule has 0 amide bonds. The zero-order valence-electron chi connectivity index (χ0n) is 12.4. The molecule has 2 nitrogen and oxygen atoms in total. The average molecular weight is 330 g/mol. The van der Waals surface area contributed by atoms with Crippen molar-refractivity contribution < 1.29 is 8.78 Å². The number of benzene rings is 2. The number of nitrogens with zero attached hydrogens (tertiary/aromatic N) is 1. The summed E-state index contributed by atoms with van der Waals surface area (Å²) in [5, 5.41) is 6.18. The zero-order valence-corrected chi connectivity index (χ0v) is 13.2. The van der Waals surface area contributed by atoms with Crippen LogP contribution < -0.4 is 5.32 Å². The molecule has 0 aliphatic carbocycles. The largest absolute Gasteiger partial charge is 0.311 e. The highest BCUT2D eigenvalue weighted by Crippen LogP contribution is 2.23. The Morgan fingerprint density at radius 3 is 2.61 bits per heavy atom. The predicted molar refractivity (Wildman–Crippen MR) is 89.3 cm³/mol. The molecule has 2 aromatic carbocycles. The van der Waals surface area contributed by atoms with Crippen molar-refractivity contribution >= 4 is 11.3 Å². The summed E-state index contributed by atoms with van der Waals surface area (Å²) in [4.78, 5) is 4.54. The number of aromatic nitrogens is 1. The van der Waals surface area contributed by atoms with Crippen molar-refractivity contribution in [2.45, 2.75) is 13.0 Å². The van der Waals surface area contributed by atoms with Crippen molar-refractivity contribution in [1.29, 1.82) is 0 Å². The van der Waals surface area contributed by atoms with Crippen molar-refractivity contribution in [3.8, 4) is 10.6 Å². The molecule has 1 N–H and O–H groups in total. The molecule has 0 aliphatic rings. The van der Waals surface area contributed by atoms with Crippen molar-refractivity contribution in [3.05, 3.63) is 76.8 Å². The lowest BCUT2D eigenvalue weighted by molar-refractivity contribution is 0.622. The molecule has 1 aromatic heterocycles. The molecule has 0 radical (unpaired) electrons. The summed E-state index contributed by atoms with van der Waals surface area (Å²) < 4.78 is 26.0. The van der Waals surface area contributed by atoms with Crippen LogP contribution in [0.4, 0.5) is 8.78 Å². The first-order chi connectivity index (χ1) is 11.2. The van der Waals surface area contributed by atoms with Crippen LogP contribution in [0.1, 0.15) is 11.3 Å². The van der Waals surface area contributed by atoms with Crippen LogP contribution in [0.5, 0.6) is 0 Å². The minimum atomic E-state index is -0.246. The van der Waals surface area contributed by atoms with E-state index in [9.17, 15) is 8.78 Å². The minimum absolute atomic E-state index is 0.203. The van der Waals surface area contributed by atoms with Crippen molar-refractivity contribution in [2.75, 3.05) is 6.54 Å². The van der Waals surface area contributed by atoms with Crippen LogP contribution in [-0.4, -0.2) is 11.5 Å². The van der Waals surface area contributed by atoms with Gasteiger partial charge in [-0.25, -0.2) is 13.8 Å². The lowest BCUT2D eigenvalue weighted by Crippen LogP contribution is -2.16. The number of thiazole rings is 1. The van der Waals surface area contributed by atoms with E-state index < -0.39 is 0 Å². The highest BCUT2D eigenvalue weighted by molar-refractivity contribution is 7.13. The Hall–Kier alpha value is -2.11. The van der Waals surface area contributed by atoms with Gasteiger partial charge in [0.15, 0.2) is 0 Å². The SMILES string of the molecule is Fc1ccc(-c2nc(CNCCc3cccc(F)c3)cs2)cc1. The lowest BCUT2D eigenvalue weighted by Gasteiger charge is -2.03. The van der Waals surface area contributed by atoms with Gasteiger partial charge in [0, 0.05) is 17.5 Å². The van der Waals surface area contributed by atoms with Gasteiger partial charge < -0.3 is 5.32 Å². The molecular formula is C18H16F2N2S. The predicted octanol–water partition coefficient (Wildman–Crippen LogP) is 4.42. The van der Waals surface area contributed by atoms with Crippen LogP contribution >= 0.6 is 11.3 Å². The summed E-state index contributed by atoms with van der Waals surface area (Å²) in [7, 11) is 0. The molecule has 0 saturated heterocycles. The monoisotopic (exact) mass is 330 g/mol. The fourth-order valence-electron chi connectivity index (χ4n) is 2.25. The van der Waals surface area contributed by atoms with Gasteiger partial charge in [-0.1, -0.05) is 12.1 Å². The number of hydrogen-bond donors (Lipinski definition) is 1. The molecule has 0 fully saturated rings. The number of rotatable bonds is 6. The van der Waals surface area contributed by atoms with Crippen LogP contribution in [0.15, 0.2) is 53.9 Å². The second-order valence-corrected chi connectivity index (χ2v) is 6.07. The fourth-order valence-corrected chi connectivity index (χ4v) is 3.08. The van der Waals surface area contributed by atoms with E-state index >= 15 is 0 Å². The highest BCUT2D eigenvalue weighted by Gasteiger charge is 2.05. The number of halogens is 2. The van der Waals surface area contributed by atoms with Gasteiger partial charge in [0.05, 0.1) is 5.69 Å². The Morgan fingerprint density at radius 2 is 1.83 bits per heavy atom. The Balaban J connectivity index is 1.50. The van der Waals surface area contributed by atoms with E-state index in [1.54, 1.807) is 35.6 Å². The summed E-state index contributed by atoms with van der Waals surface area (Å²) >= 11 is 1.54. The first-order valence-corrected chi connectivity index (χ1v) is 8.24. The Labute approximate surface area is 137 Å². The zero-order chi connectivity index (χ0) is 16.1. The van der Waals surface area contributed by atoms with E-state index in [4.69, 9.17) is 0 Å². The molecule has 3 aromatic rings. The maximum atomic E-state index is 13.1. The Kier molecular flexibility index (Phi) is 5.10. The summed E-state index contributed by atoms with van der Waals surface area (Å²) in [5.41, 5.74) is 2.85. The van der Waals surface area contributed by atoms with E-state index in [-0.39, 0.29) is 11.6 Å². The second-order valence-electron chi connectivity index (χ2n) is 5.21. The van der Waals surface area contributed by atoms with E-state index in [0.29, 0.717) is 6.54 Å². The molecule has 0 spiro atoms. The summed E-state index contributed by atoms with van der Waals surface area (Å²) in [6.45, 7) is 1.42. The molecule has 23 heavy (non-hydrogen) atoms. The fraction of sp³-hybridized carbons (Fsp3) is 0.167. The van der Waals surface area contributed by atoms with Crippen LogP contribution in [0.3, 0.4) is 0 Å². The van der Waals surface area contributed by atoms with Crippen molar-refractivity contribution in [1.82, 2.24) is 10.3 Å². The maximum absolute atomic E-state index is 13.1. The van der Waals surface area contributed by atoms with Crippen LogP contribution in [0.2, 0.25) is 0 Å². The standard InChI is InChI=1S/C18H16F2N2S/c19-15-6-4-14(5-7-15)18-22-17(12-23-18)11-21-9-8-13-2-1-3-16(20)10-13/h1-7,10,12,21H,8-9,11H2. The van der Waals surface area contributed by atoms with Crippen LogP contribution in [0.25, 0.3) is 10.6 Å². The summed E-state index contributed by atoms with van der Waals surface area (Å²) in [6, 6.07) is 13.0. The van der Waals surface area contributed by atoms with E-state index in [1.807, 2.05) is 11.4 Å². The van der Waals surface area contributed by atoms with Gasteiger partial charge in [0.25, 0.3) is 0 Å². The Morgan fingerprint density at radius 1 is 1.00 bits per heavy atom. The normalized spacial score (nSPS) is 10.9. The number of nitrogens with one attached hydrogen (secondary N) is 1. The molecular weight excluding hydrogens is 314 g/mol. The first kappa shape index (κ1) is 15.8. The van der Waals surface area contributed by atoms with Gasteiger partial charge in [0.2, 0.25) is 0 Å². The van der Waals surface area contributed by atoms with Crippen LogP contribution in [0, 0.1) is 11.6 Å². The first-order valence-electron chi connectivity index (χ1n) is 7.36. The molecule has 0 bridgehead atoms. The summed E-state index contributed by atoms with van der Waals surface area (Å²) in [6.07, 6.45) is 0.771. The molecule has 0 saturated carbocycles. The van der Waals surface area contributed by atoms with Crippen molar-refractivity contribution in [2.24, 2.45) is 0 Å². The van der Waals surface area contributed by atoms with Gasteiger partial charge in [-0.2, -0.15) is 0 Å². The third-order valence-corrected chi connectivity index (χ3v) is 4.37. The topological polar surface area (TPSA) is 24.9 Å². The second kappa shape index (κ2) is 7.44. The highest BCUT2D eigenvalue weighted by atomic mass is 32.1. The van der Waals surface area contributed by atoms with E-state index in [1.165, 1.54) is 18.2 Å². The van der Waals surface area contributed by atoms with Crippen LogP contribution in [-0.2, 0) is 13.0 Å². The molecule has 0 aliphatic heterocycles. The molecule has 0 atom stereocenters. The molecule has 1 heterocycles. The smallest absolute Gasteiger partial charge is 0.123 e. The lowest BCUT2D eigenvalue weighted by atomic mass is 10.1. The third kappa shape index (κ3) is 4.43. The molecule has 118 valence electrons. The van der Waals surface area contributed by atoms with Gasteiger partial charge >= 0.3 is 0 Å². The maximum Gasteiger partial charge on any atom is 0.123 e. The molecule has 3 rings (SSSR count). The van der Waals surface area contributed by atoms with Gasteiger partial charge in [-0.15, -0.1) is 11.3 Å². The average Bonchev–Trinajstić information content (AvgIpc) is 3.01. The molecule has 5 heteroatoms. The number of hydrogen-bond acceptors (Lipinski definition) is 3. The van der Waals surface area contributed by atoms with Gasteiger partial charge in [-0.3, -0.25) is 0 Å². The summed E-state index contributed by atoms with van der Waals surface area (Å²) in [5.74, 6) is -0.449. The van der Waals surface area contributed by atoms with E-state index in [2.05, 4.69) is 10.3 Å². The van der Waals surface area contributed by atoms with Gasteiger partial charge in [0.1, 0.15) is 16.6 Å². The third-order valence-electron chi connectivity index (χ3n) is 3.43. The van der Waals surface area contributed by atoms with Crippen molar-refractivity contribution in [3.63, 3.8) is 0 Å². The van der Waals surface area contributed by atoms with Gasteiger partial charge in [-0.05, 0) is 54.9 Å². The molecule has 0 unspecified atom stereocenters. The minimum Gasteiger partial charge on any atom is -0.311 e. The Bertz CT molecular complexity index is 769. The van der Waals surface area contributed by atoms with E-state index in [0.717, 1.165) is 34.8 Å².